The number of hydrogen-bond donors (Lipinski definition) is 1. The van der Waals surface area contributed by atoms with Gasteiger partial charge < -0.3 is 9.84 Å². The molecule has 2 rings (SSSR count). The summed E-state index contributed by atoms with van der Waals surface area (Å²) in [4.78, 5) is 22.6. The van der Waals surface area contributed by atoms with Crippen LogP contribution in [-0.4, -0.2) is 17.0 Å². The molecule has 0 saturated carbocycles. The normalized spacial score (nSPS) is 14.6. The zero-order valence-corrected chi connectivity index (χ0v) is 10.1. The molecule has 0 aliphatic heterocycles. The SMILES string of the molecule is O=C(O)C1=C(C(=O)Oc2ccc(F)c(F)c2F)CCC1. The number of esters is 1. The van der Waals surface area contributed by atoms with Gasteiger partial charge in [-0.3, -0.25) is 0 Å². The highest BCUT2D eigenvalue weighted by Gasteiger charge is 2.28. The maximum atomic E-state index is 13.3. The molecule has 1 aliphatic carbocycles. The molecule has 0 amide bonds. The van der Waals surface area contributed by atoms with Gasteiger partial charge in [-0.25, -0.2) is 18.4 Å². The Morgan fingerprint density at radius 3 is 2.35 bits per heavy atom. The van der Waals surface area contributed by atoms with Gasteiger partial charge in [-0.15, -0.1) is 0 Å². The van der Waals surface area contributed by atoms with Gasteiger partial charge in [0.25, 0.3) is 0 Å². The topological polar surface area (TPSA) is 63.6 Å². The number of rotatable bonds is 3. The van der Waals surface area contributed by atoms with Gasteiger partial charge in [0.05, 0.1) is 0 Å². The van der Waals surface area contributed by atoms with Crippen molar-refractivity contribution in [3.63, 3.8) is 0 Å². The summed E-state index contributed by atoms with van der Waals surface area (Å²) in [6.07, 6.45) is 0.859. The number of carboxylic acid groups (broad SMARTS) is 1. The first kappa shape index (κ1) is 14.1. The maximum absolute atomic E-state index is 13.3. The van der Waals surface area contributed by atoms with Gasteiger partial charge in [-0.2, -0.15) is 4.39 Å². The molecule has 1 aliphatic rings. The number of halogens is 3. The van der Waals surface area contributed by atoms with Crippen molar-refractivity contribution in [2.24, 2.45) is 0 Å². The fourth-order valence-corrected chi connectivity index (χ4v) is 1.95. The monoisotopic (exact) mass is 286 g/mol. The Morgan fingerprint density at radius 2 is 1.70 bits per heavy atom. The van der Waals surface area contributed by atoms with Crippen molar-refractivity contribution in [1.29, 1.82) is 0 Å². The van der Waals surface area contributed by atoms with E-state index < -0.39 is 35.1 Å². The molecule has 0 bridgehead atoms. The number of carbonyl (C=O) groups excluding carboxylic acids is 1. The summed E-state index contributed by atoms with van der Waals surface area (Å²) < 4.78 is 43.6. The summed E-state index contributed by atoms with van der Waals surface area (Å²) in [6, 6.07) is 1.38. The molecular formula is C13H9F3O4. The standard InChI is InChI=1S/C13H9F3O4/c14-8-4-5-9(11(16)10(8)15)20-13(19)7-3-1-2-6(7)12(17)18/h4-5H,1-3H2,(H,17,18). The summed E-state index contributed by atoms with van der Waals surface area (Å²) in [7, 11) is 0. The van der Waals surface area contributed by atoms with Crippen molar-refractivity contribution in [2.45, 2.75) is 19.3 Å². The third-order valence-corrected chi connectivity index (χ3v) is 2.92. The van der Waals surface area contributed by atoms with E-state index >= 15 is 0 Å². The van der Waals surface area contributed by atoms with E-state index in [0.29, 0.717) is 12.5 Å². The quantitative estimate of drug-likeness (QED) is 0.527. The number of carbonyl (C=O) groups is 2. The predicted octanol–water partition coefficient (Wildman–Crippen LogP) is 2.57. The zero-order valence-electron chi connectivity index (χ0n) is 10.1. The molecule has 0 atom stereocenters. The van der Waals surface area contributed by atoms with Gasteiger partial charge in [0.15, 0.2) is 17.4 Å². The molecule has 106 valence electrons. The Kier molecular flexibility index (Phi) is 3.78. The van der Waals surface area contributed by atoms with Crippen molar-refractivity contribution >= 4 is 11.9 Å². The Labute approximate surface area is 111 Å². The minimum Gasteiger partial charge on any atom is -0.478 e. The highest BCUT2D eigenvalue weighted by atomic mass is 19.2. The highest BCUT2D eigenvalue weighted by molar-refractivity contribution is 6.01. The molecule has 0 aromatic heterocycles. The lowest BCUT2D eigenvalue weighted by Gasteiger charge is -2.07. The first-order valence-electron chi connectivity index (χ1n) is 5.72. The minimum atomic E-state index is -1.76. The molecular weight excluding hydrogens is 277 g/mol. The van der Waals surface area contributed by atoms with Crippen LogP contribution in [0.2, 0.25) is 0 Å². The predicted molar refractivity (Wildman–Crippen MR) is 60.5 cm³/mol. The van der Waals surface area contributed by atoms with Crippen molar-refractivity contribution in [3.8, 4) is 5.75 Å². The van der Waals surface area contributed by atoms with Gasteiger partial charge in [-0.05, 0) is 31.4 Å². The Morgan fingerprint density at radius 1 is 1.05 bits per heavy atom. The van der Waals surface area contributed by atoms with Crippen molar-refractivity contribution < 1.29 is 32.6 Å². The molecule has 0 saturated heterocycles. The molecule has 1 N–H and O–H groups in total. The number of benzene rings is 1. The van der Waals surface area contributed by atoms with Gasteiger partial charge in [0, 0.05) is 11.1 Å². The smallest absolute Gasteiger partial charge is 0.340 e. The van der Waals surface area contributed by atoms with E-state index in [-0.39, 0.29) is 24.0 Å². The fraction of sp³-hybridized carbons (Fsp3) is 0.231. The molecule has 4 nitrogen and oxygen atoms in total. The molecule has 20 heavy (non-hydrogen) atoms. The average molecular weight is 286 g/mol. The van der Waals surface area contributed by atoms with Crippen LogP contribution in [0.1, 0.15) is 19.3 Å². The third kappa shape index (κ3) is 2.52. The minimum absolute atomic E-state index is 0.0818. The van der Waals surface area contributed by atoms with E-state index in [4.69, 9.17) is 5.11 Å². The van der Waals surface area contributed by atoms with E-state index in [1.807, 2.05) is 0 Å². The second kappa shape index (κ2) is 5.36. The van der Waals surface area contributed by atoms with Crippen LogP contribution in [0.3, 0.4) is 0 Å². The van der Waals surface area contributed by atoms with Gasteiger partial charge in [0.1, 0.15) is 0 Å². The summed E-state index contributed by atoms with van der Waals surface area (Å²) in [6.45, 7) is 0. The summed E-state index contributed by atoms with van der Waals surface area (Å²) in [5, 5.41) is 8.88. The van der Waals surface area contributed by atoms with Crippen molar-refractivity contribution in [2.75, 3.05) is 0 Å². The molecule has 1 aromatic rings. The largest absolute Gasteiger partial charge is 0.478 e. The van der Waals surface area contributed by atoms with E-state index in [9.17, 15) is 22.8 Å². The third-order valence-electron chi connectivity index (χ3n) is 2.92. The van der Waals surface area contributed by atoms with E-state index in [1.165, 1.54) is 0 Å². The second-order valence-electron chi connectivity index (χ2n) is 4.18. The van der Waals surface area contributed by atoms with Crippen LogP contribution >= 0.6 is 0 Å². The lowest BCUT2D eigenvalue weighted by molar-refractivity contribution is -0.134. The van der Waals surface area contributed by atoms with Crippen LogP contribution in [0.5, 0.6) is 5.75 Å². The van der Waals surface area contributed by atoms with Gasteiger partial charge in [-0.1, -0.05) is 0 Å². The fourth-order valence-electron chi connectivity index (χ4n) is 1.95. The molecule has 0 spiro atoms. The van der Waals surface area contributed by atoms with Crippen LogP contribution in [-0.2, 0) is 9.59 Å². The lowest BCUT2D eigenvalue weighted by Crippen LogP contribution is -2.15. The molecule has 0 fully saturated rings. The Bertz CT molecular complexity index is 622. The molecule has 0 radical (unpaired) electrons. The molecule has 0 heterocycles. The highest BCUT2D eigenvalue weighted by Crippen LogP contribution is 2.29. The summed E-state index contributed by atoms with van der Waals surface area (Å²) in [5.41, 5.74) is -0.181. The zero-order chi connectivity index (χ0) is 14.9. The summed E-state index contributed by atoms with van der Waals surface area (Å²) in [5.74, 6) is -7.89. The Hall–Kier alpha value is -2.31. The van der Waals surface area contributed by atoms with E-state index in [1.54, 1.807) is 0 Å². The number of carboxylic acids is 1. The average Bonchev–Trinajstić information content (AvgIpc) is 2.89. The van der Waals surface area contributed by atoms with Crippen LogP contribution in [0.25, 0.3) is 0 Å². The van der Waals surface area contributed by atoms with Gasteiger partial charge in [0.2, 0.25) is 5.82 Å². The maximum Gasteiger partial charge on any atom is 0.340 e. The number of ether oxygens (including phenoxy) is 1. The van der Waals surface area contributed by atoms with Crippen LogP contribution in [0.15, 0.2) is 23.3 Å². The van der Waals surface area contributed by atoms with Crippen LogP contribution in [0.4, 0.5) is 13.2 Å². The number of hydrogen-bond acceptors (Lipinski definition) is 3. The van der Waals surface area contributed by atoms with Crippen LogP contribution < -0.4 is 4.74 Å². The summed E-state index contributed by atoms with van der Waals surface area (Å²) >= 11 is 0. The lowest BCUT2D eigenvalue weighted by atomic mass is 10.1. The van der Waals surface area contributed by atoms with Crippen LogP contribution in [0, 0.1) is 17.5 Å². The van der Waals surface area contributed by atoms with E-state index in [0.717, 1.165) is 6.07 Å². The molecule has 1 aromatic carbocycles. The van der Waals surface area contributed by atoms with Crippen molar-refractivity contribution in [1.82, 2.24) is 0 Å². The Balaban J connectivity index is 2.27. The van der Waals surface area contributed by atoms with Gasteiger partial charge >= 0.3 is 11.9 Å². The molecule has 7 heteroatoms. The van der Waals surface area contributed by atoms with E-state index in [2.05, 4.69) is 4.74 Å². The number of aliphatic carboxylic acids is 1. The van der Waals surface area contributed by atoms with Crippen molar-refractivity contribution in [3.05, 3.63) is 40.7 Å². The molecule has 0 unspecified atom stereocenters. The first-order chi connectivity index (χ1) is 9.41. The first-order valence-corrected chi connectivity index (χ1v) is 5.72. The second-order valence-corrected chi connectivity index (χ2v) is 4.18.